The van der Waals surface area contributed by atoms with Crippen molar-refractivity contribution in [3.63, 3.8) is 0 Å². The molecule has 24 heavy (non-hydrogen) atoms. The van der Waals surface area contributed by atoms with Gasteiger partial charge in [0.15, 0.2) is 0 Å². The highest BCUT2D eigenvalue weighted by molar-refractivity contribution is 6.67. The van der Waals surface area contributed by atoms with Crippen molar-refractivity contribution in [1.29, 1.82) is 0 Å². The van der Waals surface area contributed by atoms with Crippen LogP contribution in [0.2, 0.25) is 0 Å². The smallest absolute Gasteiger partial charge is 0.411 e. The number of carbonyl (C=O) groups is 2. The maximum Gasteiger partial charge on any atom is 0.411 e. The monoisotopic (exact) mass is 394 g/mol. The molecule has 1 rings (SSSR count). The van der Waals surface area contributed by atoms with E-state index < -0.39 is 21.9 Å². The molecule has 0 saturated heterocycles. The van der Waals surface area contributed by atoms with Gasteiger partial charge in [-0.05, 0) is 31.0 Å². The number of alkyl halides is 3. The van der Waals surface area contributed by atoms with E-state index >= 15 is 0 Å². The Hall–Kier alpha value is -1.17. The largest absolute Gasteiger partial charge is 0.445 e. The van der Waals surface area contributed by atoms with Crippen molar-refractivity contribution in [1.82, 2.24) is 0 Å². The molecule has 0 atom stereocenters. The molecule has 0 spiro atoms. The zero-order valence-corrected chi connectivity index (χ0v) is 16.5. The number of benzene rings is 1. The molecule has 0 fully saturated rings. The van der Waals surface area contributed by atoms with Gasteiger partial charge < -0.3 is 10.1 Å². The van der Waals surface area contributed by atoms with E-state index in [4.69, 9.17) is 39.5 Å². The molecule has 2 N–H and O–H groups in total. The summed E-state index contributed by atoms with van der Waals surface area (Å²) in [4.78, 5) is 24.2. The zero-order valence-electron chi connectivity index (χ0n) is 14.2. The first-order valence-electron chi connectivity index (χ1n) is 7.23. The Bertz CT molecular complexity index is 635. The molecule has 0 bridgehead atoms. The third kappa shape index (κ3) is 6.75. The van der Waals surface area contributed by atoms with Crippen LogP contribution in [0.1, 0.15) is 31.9 Å². The average molecular weight is 396 g/mol. The number of carbonyl (C=O) groups excluding carboxylic acids is 2. The highest BCUT2D eigenvalue weighted by atomic mass is 35.6. The summed E-state index contributed by atoms with van der Waals surface area (Å²) in [5, 5.41) is 5.41. The predicted octanol–water partition coefficient (Wildman–Crippen LogP) is 5.21. The Balaban J connectivity index is 3.01. The van der Waals surface area contributed by atoms with Crippen LogP contribution in [0, 0.1) is 19.3 Å². The van der Waals surface area contributed by atoms with Gasteiger partial charge in [-0.2, -0.15) is 0 Å². The molecule has 0 heterocycles. The summed E-state index contributed by atoms with van der Waals surface area (Å²) in [7, 11) is 0. The van der Waals surface area contributed by atoms with E-state index in [1.165, 1.54) is 0 Å². The Morgan fingerprint density at radius 1 is 1.08 bits per heavy atom. The molecule has 2 amide bonds. The Morgan fingerprint density at radius 3 is 2.17 bits per heavy atom. The van der Waals surface area contributed by atoms with Crippen molar-refractivity contribution in [3.05, 3.63) is 23.3 Å². The molecule has 0 aliphatic carbocycles. The average Bonchev–Trinajstić information content (AvgIpc) is 2.38. The van der Waals surface area contributed by atoms with E-state index in [1.54, 1.807) is 26.8 Å². The Kier molecular flexibility index (Phi) is 6.79. The van der Waals surface area contributed by atoms with E-state index in [9.17, 15) is 9.59 Å². The van der Waals surface area contributed by atoms with Crippen molar-refractivity contribution < 1.29 is 14.3 Å². The van der Waals surface area contributed by atoms with Crippen LogP contribution in [0.25, 0.3) is 0 Å². The second kappa shape index (κ2) is 7.81. The molecule has 0 saturated carbocycles. The number of nitrogens with one attached hydrogen (secondary N) is 2. The Labute approximate surface area is 157 Å². The maximum absolute atomic E-state index is 12.3. The van der Waals surface area contributed by atoms with Gasteiger partial charge in [-0.15, -0.1) is 0 Å². The predicted molar refractivity (Wildman–Crippen MR) is 99.3 cm³/mol. The van der Waals surface area contributed by atoms with E-state index in [0.717, 1.165) is 11.1 Å². The fourth-order valence-corrected chi connectivity index (χ4v) is 1.99. The highest BCUT2D eigenvalue weighted by Crippen LogP contribution is 2.30. The van der Waals surface area contributed by atoms with E-state index in [2.05, 4.69) is 10.6 Å². The van der Waals surface area contributed by atoms with Gasteiger partial charge in [-0.25, -0.2) is 4.79 Å². The molecule has 0 unspecified atom stereocenters. The summed E-state index contributed by atoms with van der Waals surface area (Å²) in [5.74, 6) is -0.174. The second-order valence-electron chi connectivity index (χ2n) is 6.52. The normalized spacial score (nSPS) is 11.8. The first kappa shape index (κ1) is 20.9. The molecule has 0 aliphatic rings. The molecule has 1 aromatic carbocycles. The molecule has 0 aliphatic heterocycles. The lowest BCUT2D eigenvalue weighted by atomic mass is 9.95. The van der Waals surface area contributed by atoms with Crippen LogP contribution < -0.4 is 10.6 Å². The van der Waals surface area contributed by atoms with Crippen molar-refractivity contribution in [2.75, 3.05) is 17.2 Å². The van der Waals surface area contributed by atoms with Gasteiger partial charge in [0.2, 0.25) is 9.70 Å². The van der Waals surface area contributed by atoms with E-state index in [0.29, 0.717) is 11.4 Å². The number of halogens is 3. The van der Waals surface area contributed by atoms with Crippen LogP contribution in [0.3, 0.4) is 0 Å². The number of rotatable bonds is 3. The standard InChI is InChI=1S/C16H21Cl3N2O3/c1-9-6-10(2)12(21-13(22)15(3,4)5)11(7-9)20-14(23)24-8-16(17,18)19/h6-7H,8H2,1-5H3,(H,20,23)(H,21,22). The summed E-state index contributed by atoms with van der Waals surface area (Å²) < 4.78 is 3.17. The third-order valence-corrected chi connectivity index (χ3v) is 3.33. The van der Waals surface area contributed by atoms with Crippen LogP contribution in [0.4, 0.5) is 16.2 Å². The number of amides is 2. The van der Waals surface area contributed by atoms with Crippen LogP contribution in [-0.4, -0.2) is 22.4 Å². The van der Waals surface area contributed by atoms with Crippen molar-refractivity contribution >= 4 is 58.2 Å². The molecule has 1 aromatic rings. The topological polar surface area (TPSA) is 67.4 Å². The van der Waals surface area contributed by atoms with Crippen LogP contribution in [-0.2, 0) is 9.53 Å². The first-order valence-corrected chi connectivity index (χ1v) is 8.36. The van der Waals surface area contributed by atoms with Crippen LogP contribution in [0.5, 0.6) is 0 Å². The Morgan fingerprint density at radius 2 is 1.67 bits per heavy atom. The van der Waals surface area contributed by atoms with Crippen molar-refractivity contribution in [3.8, 4) is 0 Å². The van der Waals surface area contributed by atoms with Gasteiger partial charge in [0.1, 0.15) is 6.61 Å². The van der Waals surface area contributed by atoms with Crippen LogP contribution >= 0.6 is 34.8 Å². The molecular weight excluding hydrogens is 375 g/mol. The number of aryl methyl sites for hydroxylation is 2. The van der Waals surface area contributed by atoms with Crippen molar-refractivity contribution in [2.24, 2.45) is 5.41 Å². The summed E-state index contributed by atoms with van der Waals surface area (Å²) in [5.41, 5.74) is 2.07. The number of hydrogen-bond acceptors (Lipinski definition) is 3. The summed E-state index contributed by atoms with van der Waals surface area (Å²) in [6.07, 6.45) is -0.780. The van der Waals surface area contributed by atoms with Crippen LogP contribution in [0.15, 0.2) is 12.1 Å². The summed E-state index contributed by atoms with van der Waals surface area (Å²) in [6, 6.07) is 3.62. The minimum atomic E-state index is -1.69. The maximum atomic E-state index is 12.3. The summed E-state index contributed by atoms with van der Waals surface area (Å²) in [6.45, 7) is 8.72. The SMILES string of the molecule is Cc1cc(C)c(NC(=O)C(C)(C)C)c(NC(=O)OCC(Cl)(Cl)Cl)c1. The lowest BCUT2D eigenvalue weighted by Crippen LogP contribution is -2.29. The minimum absolute atomic E-state index is 0.174. The lowest BCUT2D eigenvalue weighted by molar-refractivity contribution is -0.123. The molecule has 134 valence electrons. The van der Waals surface area contributed by atoms with E-state index in [-0.39, 0.29) is 5.91 Å². The van der Waals surface area contributed by atoms with Crippen molar-refractivity contribution in [2.45, 2.75) is 38.4 Å². The molecule has 5 nitrogen and oxygen atoms in total. The quantitative estimate of drug-likeness (QED) is 0.691. The third-order valence-electron chi connectivity index (χ3n) is 3.00. The first-order chi connectivity index (χ1) is 10.8. The van der Waals surface area contributed by atoms with Gasteiger partial charge >= 0.3 is 6.09 Å². The highest BCUT2D eigenvalue weighted by Gasteiger charge is 2.25. The molecule has 0 aromatic heterocycles. The van der Waals surface area contributed by atoms with Gasteiger partial charge in [0.25, 0.3) is 0 Å². The van der Waals surface area contributed by atoms with Gasteiger partial charge in [0, 0.05) is 5.41 Å². The van der Waals surface area contributed by atoms with Gasteiger partial charge in [-0.1, -0.05) is 61.6 Å². The molecule has 8 heteroatoms. The minimum Gasteiger partial charge on any atom is -0.445 e. The number of hydrogen-bond donors (Lipinski definition) is 2. The van der Waals surface area contributed by atoms with Gasteiger partial charge in [0.05, 0.1) is 11.4 Å². The lowest BCUT2D eigenvalue weighted by Gasteiger charge is -2.21. The number of anilines is 2. The fourth-order valence-electron chi connectivity index (χ4n) is 1.83. The second-order valence-corrected chi connectivity index (χ2v) is 9.04. The zero-order chi connectivity index (χ0) is 18.7. The molecular formula is C16H21Cl3N2O3. The molecule has 0 radical (unpaired) electrons. The van der Waals surface area contributed by atoms with Gasteiger partial charge in [-0.3, -0.25) is 10.1 Å². The fraction of sp³-hybridized carbons (Fsp3) is 0.500. The number of ether oxygens (including phenoxy) is 1. The summed E-state index contributed by atoms with van der Waals surface area (Å²) >= 11 is 16.6. The van der Waals surface area contributed by atoms with E-state index in [1.807, 2.05) is 19.9 Å².